The maximum atomic E-state index is 13.5. The topological polar surface area (TPSA) is 9.23 Å². The van der Waals surface area contributed by atoms with Gasteiger partial charge in [-0.1, -0.05) is 24.3 Å². The molecule has 0 aliphatic rings. The summed E-state index contributed by atoms with van der Waals surface area (Å²) < 4.78 is 65.4. The molecule has 2 aromatic rings. The number of halogens is 3. The molecule has 0 aliphatic heterocycles. The van der Waals surface area contributed by atoms with Gasteiger partial charge < -0.3 is 4.74 Å². The molecule has 0 bridgehead atoms. The molecule has 0 amide bonds. The fourth-order valence-corrected chi connectivity index (χ4v) is 1.40. The summed E-state index contributed by atoms with van der Waals surface area (Å²) in [6.07, 6.45) is 0. The lowest BCUT2D eigenvalue weighted by Gasteiger charge is -2.08. The number of methoxy groups -OCH3 is 1. The zero-order valence-electron chi connectivity index (χ0n) is 10.4. The third-order valence-corrected chi connectivity index (χ3v) is 2.09. The average molecular weight is 215 g/mol. The number of fused-ring (bicyclic) bond motifs is 1. The van der Waals surface area contributed by atoms with Gasteiger partial charge >= 0.3 is 0 Å². The molecule has 0 spiro atoms. The number of hydrogen-bond acceptors (Lipinski definition) is 1. The summed E-state index contributed by atoms with van der Waals surface area (Å²) in [5.41, 5.74) is 0. The molecule has 2 aromatic carbocycles. The second-order valence-corrected chi connectivity index (χ2v) is 2.92. The van der Waals surface area contributed by atoms with Gasteiger partial charge in [0.1, 0.15) is 0 Å². The van der Waals surface area contributed by atoms with Crippen LogP contribution in [0.25, 0.3) is 10.8 Å². The molecular formula is C11H7F3O. The lowest BCUT2D eigenvalue weighted by atomic mass is 10.1. The van der Waals surface area contributed by atoms with E-state index in [1.54, 1.807) is 0 Å². The second-order valence-electron chi connectivity index (χ2n) is 2.92. The highest BCUT2D eigenvalue weighted by molar-refractivity contribution is 5.89. The van der Waals surface area contributed by atoms with E-state index in [9.17, 15) is 13.2 Å². The minimum atomic E-state index is -2.95. The van der Waals surface area contributed by atoms with E-state index in [1.165, 1.54) is 24.3 Å². The molecule has 0 atom stereocenters. The van der Waals surface area contributed by atoms with Crippen molar-refractivity contribution in [2.45, 2.75) is 0 Å². The Balaban J connectivity index is 2.79. The highest BCUT2D eigenvalue weighted by Gasteiger charge is 2.19. The van der Waals surface area contributed by atoms with Gasteiger partial charge in [-0.2, -0.15) is 4.39 Å². The molecule has 0 N–H and O–H groups in total. The maximum Gasteiger partial charge on any atom is 0.204 e. The molecule has 4 heteroatoms. The molecule has 2 rings (SSSR count). The molecule has 0 heterocycles. The summed E-state index contributed by atoms with van der Waals surface area (Å²) >= 11 is 0. The minimum Gasteiger partial charge on any atom is -0.493 e. The van der Waals surface area contributed by atoms with Crippen molar-refractivity contribution in [1.29, 1.82) is 0 Å². The van der Waals surface area contributed by atoms with Gasteiger partial charge in [-0.15, -0.1) is 0 Å². The molecule has 0 saturated heterocycles. The summed E-state index contributed by atoms with van der Waals surface area (Å²) in [5, 5.41) is -0.374. The van der Waals surface area contributed by atoms with Crippen molar-refractivity contribution in [2.24, 2.45) is 0 Å². The van der Waals surface area contributed by atoms with Gasteiger partial charge in [0.05, 0.1) is 11.2 Å². The van der Waals surface area contributed by atoms with Crippen LogP contribution in [0.4, 0.5) is 13.2 Å². The Morgan fingerprint density at radius 3 is 2.33 bits per heavy atom. The Morgan fingerprint density at radius 1 is 1.00 bits per heavy atom. The zero-order valence-corrected chi connectivity index (χ0v) is 7.35. The van der Waals surface area contributed by atoms with Gasteiger partial charge in [-0.05, 0) is 0 Å². The second kappa shape index (κ2) is 3.46. The summed E-state index contributed by atoms with van der Waals surface area (Å²) in [6.45, 7) is 0. The van der Waals surface area contributed by atoms with E-state index in [4.69, 9.17) is 4.11 Å². The van der Waals surface area contributed by atoms with Crippen LogP contribution in [0, 0.1) is 17.5 Å². The fraction of sp³-hybridized carbons (Fsp3) is 0.0909. The molecule has 0 unspecified atom stereocenters. The molecule has 0 radical (unpaired) electrons. The number of rotatable bonds is 1. The quantitative estimate of drug-likeness (QED) is 0.663. The van der Waals surface area contributed by atoms with Gasteiger partial charge in [0.2, 0.25) is 5.82 Å². The Labute approximate surface area is 88.3 Å². The molecule has 0 aliphatic carbocycles. The smallest absolute Gasteiger partial charge is 0.204 e. The molecule has 0 fully saturated rings. The Morgan fingerprint density at radius 2 is 1.67 bits per heavy atom. The average Bonchev–Trinajstić information content (AvgIpc) is 2.31. The Bertz CT molecular complexity index is 610. The van der Waals surface area contributed by atoms with Crippen LogP contribution >= 0.6 is 0 Å². The zero-order chi connectivity index (χ0) is 13.5. The number of benzene rings is 2. The van der Waals surface area contributed by atoms with E-state index in [0.29, 0.717) is 0 Å². The normalized spacial score (nSPS) is 14.5. The van der Waals surface area contributed by atoms with Gasteiger partial charge in [0.25, 0.3) is 0 Å². The van der Waals surface area contributed by atoms with Crippen LogP contribution in [0.3, 0.4) is 0 Å². The van der Waals surface area contributed by atoms with Crippen LogP contribution in [0.15, 0.2) is 24.3 Å². The summed E-state index contributed by atoms with van der Waals surface area (Å²) in [4.78, 5) is 0. The van der Waals surface area contributed by atoms with Crippen LogP contribution in [0.5, 0.6) is 5.75 Å². The first kappa shape index (κ1) is 6.71. The van der Waals surface area contributed by atoms with Crippen LogP contribution in [-0.4, -0.2) is 7.04 Å². The molecular weight excluding hydrogens is 205 g/mol. The maximum absolute atomic E-state index is 13.5. The van der Waals surface area contributed by atoms with Crippen molar-refractivity contribution in [3.8, 4) is 5.75 Å². The standard InChI is InChI=1S/C11H7F3O/c1-15-11-7-5-3-2-4-6(7)8(12)9(13)10(11)14/h2-5H,1H3/i1D3. The SMILES string of the molecule is [2H]C([2H])([2H])Oc1c(F)c(F)c(F)c2ccccc12. The number of ether oxygens (including phenoxy) is 1. The van der Waals surface area contributed by atoms with E-state index in [-0.39, 0.29) is 10.8 Å². The first-order valence-electron chi connectivity index (χ1n) is 5.55. The van der Waals surface area contributed by atoms with E-state index in [0.717, 1.165) is 0 Å². The summed E-state index contributed by atoms with van der Waals surface area (Å²) in [6, 6.07) is 5.31. The lowest BCUT2D eigenvalue weighted by molar-refractivity contribution is 0.367. The first-order valence-corrected chi connectivity index (χ1v) is 4.05. The van der Waals surface area contributed by atoms with Crippen LogP contribution in [0.2, 0.25) is 0 Å². The van der Waals surface area contributed by atoms with Gasteiger partial charge in [-0.25, -0.2) is 8.78 Å². The third kappa shape index (κ3) is 1.33. The van der Waals surface area contributed by atoms with E-state index in [2.05, 4.69) is 4.74 Å². The van der Waals surface area contributed by atoms with Crippen LogP contribution < -0.4 is 4.74 Å². The highest BCUT2D eigenvalue weighted by Crippen LogP contribution is 2.32. The molecule has 0 aromatic heterocycles. The van der Waals surface area contributed by atoms with Crippen molar-refractivity contribution in [1.82, 2.24) is 0 Å². The lowest BCUT2D eigenvalue weighted by Crippen LogP contribution is -1.97. The van der Waals surface area contributed by atoms with Crippen molar-refractivity contribution in [3.63, 3.8) is 0 Å². The third-order valence-electron chi connectivity index (χ3n) is 2.09. The van der Waals surface area contributed by atoms with Crippen LogP contribution in [0.1, 0.15) is 4.11 Å². The highest BCUT2D eigenvalue weighted by atomic mass is 19.2. The first-order chi connectivity index (χ1) is 8.31. The predicted molar refractivity (Wildman–Crippen MR) is 50.4 cm³/mol. The predicted octanol–water partition coefficient (Wildman–Crippen LogP) is 3.27. The summed E-state index contributed by atoms with van der Waals surface area (Å²) in [5.74, 6) is -5.60. The Kier molecular flexibility index (Phi) is 1.55. The molecule has 15 heavy (non-hydrogen) atoms. The van der Waals surface area contributed by atoms with Crippen molar-refractivity contribution >= 4 is 10.8 Å². The Hall–Kier alpha value is -1.71. The van der Waals surface area contributed by atoms with Gasteiger partial charge in [0, 0.05) is 10.8 Å². The van der Waals surface area contributed by atoms with Crippen molar-refractivity contribution < 1.29 is 22.0 Å². The minimum absolute atomic E-state index is 0.134. The van der Waals surface area contributed by atoms with Gasteiger partial charge in [-0.3, -0.25) is 0 Å². The van der Waals surface area contributed by atoms with E-state index < -0.39 is 30.2 Å². The van der Waals surface area contributed by atoms with E-state index >= 15 is 0 Å². The number of hydrogen-bond donors (Lipinski definition) is 0. The largest absolute Gasteiger partial charge is 0.493 e. The molecule has 78 valence electrons. The monoisotopic (exact) mass is 215 g/mol. The van der Waals surface area contributed by atoms with Crippen molar-refractivity contribution in [3.05, 3.63) is 41.7 Å². The van der Waals surface area contributed by atoms with E-state index in [1.807, 2.05) is 0 Å². The van der Waals surface area contributed by atoms with Crippen LogP contribution in [-0.2, 0) is 0 Å². The summed E-state index contributed by atoms with van der Waals surface area (Å²) in [7, 11) is -2.95. The van der Waals surface area contributed by atoms with Gasteiger partial charge in [0.15, 0.2) is 17.4 Å². The molecule has 0 saturated carbocycles. The fourth-order valence-electron chi connectivity index (χ4n) is 1.40. The van der Waals surface area contributed by atoms with Crippen molar-refractivity contribution in [2.75, 3.05) is 7.04 Å². The molecule has 1 nitrogen and oxygen atoms in total.